The van der Waals surface area contributed by atoms with Crippen LogP contribution in [-0.4, -0.2) is 45.0 Å². The van der Waals surface area contributed by atoms with Crippen LogP contribution in [0.5, 0.6) is 0 Å². The first-order valence-corrected chi connectivity index (χ1v) is 7.09. The van der Waals surface area contributed by atoms with Gasteiger partial charge in [0.2, 0.25) is 0 Å². The van der Waals surface area contributed by atoms with Gasteiger partial charge in [0.05, 0.1) is 7.11 Å². The van der Waals surface area contributed by atoms with E-state index in [-0.39, 0.29) is 5.97 Å². The number of rotatable bonds is 8. The van der Waals surface area contributed by atoms with E-state index < -0.39 is 5.54 Å². The maximum atomic E-state index is 11.4. The molecular weight excluding hydrogens is 246 g/mol. The number of esters is 1. The lowest BCUT2D eigenvalue weighted by Gasteiger charge is -2.22. The van der Waals surface area contributed by atoms with Gasteiger partial charge >= 0.3 is 5.97 Å². The van der Waals surface area contributed by atoms with Crippen LogP contribution in [-0.2, 0) is 19.0 Å². The zero-order valence-corrected chi connectivity index (χ0v) is 12.2. The number of unbranched alkanes of at least 4 members (excludes halogenated alkanes) is 1. The van der Waals surface area contributed by atoms with Gasteiger partial charge in [-0.25, -0.2) is 0 Å². The molecule has 0 amide bonds. The third-order valence-corrected chi connectivity index (χ3v) is 3.58. The van der Waals surface area contributed by atoms with E-state index in [1.807, 2.05) is 0 Å². The molecule has 1 saturated heterocycles. The van der Waals surface area contributed by atoms with Gasteiger partial charge < -0.3 is 19.9 Å². The van der Waals surface area contributed by atoms with Gasteiger partial charge in [0, 0.05) is 26.4 Å². The molecule has 0 radical (unpaired) electrons. The molecule has 1 unspecified atom stereocenters. The molecule has 5 heteroatoms. The first kappa shape index (κ1) is 16.4. The molecular formula is C14H27NO4. The SMILES string of the molecule is COC(=O)C(C)(N)CCCCOCC1CCOCC1. The van der Waals surface area contributed by atoms with Gasteiger partial charge in [-0.15, -0.1) is 0 Å². The lowest BCUT2D eigenvalue weighted by Crippen LogP contribution is -2.45. The lowest BCUT2D eigenvalue weighted by atomic mass is 9.96. The molecule has 1 aliphatic rings. The summed E-state index contributed by atoms with van der Waals surface area (Å²) in [5.41, 5.74) is 4.99. The number of hydrogen-bond acceptors (Lipinski definition) is 5. The number of ether oxygens (including phenoxy) is 3. The molecule has 1 aliphatic heterocycles. The summed E-state index contributed by atoms with van der Waals surface area (Å²) >= 11 is 0. The predicted molar refractivity (Wildman–Crippen MR) is 72.8 cm³/mol. The fraction of sp³-hybridized carbons (Fsp3) is 0.929. The highest BCUT2D eigenvalue weighted by Gasteiger charge is 2.28. The number of carbonyl (C=O) groups is 1. The van der Waals surface area contributed by atoms with Crippen molar-refractivity contribution in [3.8, 4) is 0 Å². The lowest BCUT2D eigenvalue weighted by molar-refractivity contribution is -0.146. The third-order valence-electron chi connectivity index (χ3n) is 3.58. The van der Waals surface area contributed by atoms with Crippen LogP contribution in [0.25, 0.3) is 0 Å². The van der Waals surface area contributed by atoms with E-state index in [1.54, 1.807) is 6.92 Å². The monoisotopic (exact) mass is 273 g/mol. The minimum Gasteiger partial charge on any atom is -0.468 e. The van der Waals surface area contributed by atoms with Crippen molar-refractivity contribution in [1.29, 1.82) is 0 Å². The quantitative estimate of drug-likeness (QED) is 0.536. The molecule has 0 saturated carbocycles. The molecule has 0 spiro atoms. The fourth-order valence-corrected chi connectivity index (χ4v) is 2.19. The van der Waals surface area contributed by atoms with Crippen molar-refractivity contribution in [2.45, 2.75) is 44.6 Å². The van der Waals surface area contributed by atoms with Crippen LogP contribution in [0.2, 0.25) is 0 Å². The van der Waals surface area contributed by atoms with E-state index >= 15 is 0 Å². The molecule has 0 aromatic carbocycles. The van der Waals surface area contributed by atoms with Crippen molar-refractivity contribution >= 4 is 5.97 Å². The highest BCUT2D eigenvalue weighted by Crippen LogP contribution is 2.16. The summed E-state index contributed by atoms with van der Waals surface area (Å²) in [7, 11) is 1.37. The Morgan fingerprint density at radius 1 is 1.37 bits per heavy atom. The van der Waals surface area contributed by atoms with Crippen LogP contribution in [0, 0.1) is 5.92 Å². The van der Waals surface area contributed by atoms with Crippen molar-refractivity contribution in [1.82, 2.24) is 0 Å². The van der Waals surface area contributed by atoms with E-state index in [4.69, 9.17) is 15.2 Å². The maximum absolute atomic E-state index is 11.4. The molecule has 0 bridgehead atoms. The Balaban J connectivity index is 2.00. The fourth-order valence-electron chi connectivity index (χ4n) is 2.19. The second-order valence-corrected chi connectivity index (χ2v) is 5.50. The van der Waals surface area contributed by atoms with E-state index in [0.29, 0.717) is 12.3 Å². The Kier molecular flexibility index (Phi) is 7.34. The van der Waals surface area contributed by atoms with Crippen LogP contribution in [0.15, 0.2) is 0 Å². The average molecular weight is 273 g/mol. The Morgan fingerprint density at radius 2 is 2.05 bits per heavy atom. The van der Waals surface area contributed by atoms with Crippen molar-refractivity contribution in [3.63, 3.8) is 0 Å². The Morgan fingerprint density at radius 3 is 2.68 bits per heavy atom. The Labute approximate surface area is 115 Å². The second kappa shape index (κ2) is 8.51. The summed E-state index contributed by atoms with van der Waals surface area (Å²) in [5.74, 6) is 0.291. The van der Waals surface area contributed by atoms with Crippen LogP contribution in [0.4, 0.5) is 0 Å². The highest BCUT2D eigenvalue weighted by atomic mass is 16.5. The van der Waals surface area contributed by atoms with E-state index in [9.17, 15) is 4.79 Å². The predicted octanol–water partition coefficient (Wildman–Crippen LogP) is 1.49. The molecule has 1 rings (SSSR count). The number of hydrogen-bond donors (Lipinski definition) is 1. The highest BCUT2D eigenvalue weighted by molar-refractivity contribution is 5.79. The van der Waals surface area contributed by atoms with Crippen LogP contribution in [0.1, 0.15) is 39.0 Å². The standard InChI is InChI=1S/C14H27NO4/c1-14(15,13(16)17-2)7-3-4-8-19-11-12-5-9-18-10-6-12/h12H,3-11,15H2,1-2H3. The zero-order chi connectivity index (χ0) is 14.1. The third kappa shape index (κ3) is 6.36. The van der Waals surface area contributed by atoms with E-state index in [1.165, 1.54) is 7.11 Å². The maximum Gasteiger partial charge on any atom is 0.325 e. The minimum absolute atomic E-state index is 0.351. The van der Waals surface area contributed by atoms with Gasteiger partial charge in [-0.1, -0.05) is 0 Å². The van der Waals surface area contributed by atoms with Crippen LogP contribution >= 0.6 is 0 Å². The molecule has 1 atom stereocenters. The van der Waals surface area contributed by atoms with Crippen molar-refractivity contribution in [3.05, 3.63) is 0 Å². The van der Waals surface area contributed by atoms with Gasteiger partial charge in [-0.3, -0.25) is 4.79 Å². The van der Waals surface area contributed by atoms with E-state index in [2.05, 4.69) is 4.74 Å². The smallest absolute Gasteiger partial charge is 0.325 e. The second-order valence-electron chi connectivity index (χ2n) is 5.50. The van der Waals surface area contributed by atoms with Crippen LogP contribution < -0.4 is 5.73 Å². The molecule has 19 heavy (non-hydrogen) atoms. The largest absolute Gasteiger partial charge is 0.468 e. The van der Waals surface area contributed by atoms with Gasteiger partial charge in [-0.05, 0) is 44.9 Å². The molecule has 112 valence electrons. The summed E-state index contributed by atoms with van der Waals surface area (Å²) in [5, 5.41) is 0. The van der Waals surface area contributed by atoms with Crippen molar-refractivity contribution in [2.75, 3.05) is 33.5 Å². The summed E-state index contributed by atoms with van der Waals surface area (Å²) in [6.07, 6.45) is 4.62. The number of methoxy groups -OCH3 is 1. The summed E-state index contributed by atoms with van der Waals surface area (Å²) in [4.78, 5) is 11.4. The first-order valence-electron chi connectivity index (χ1n) is 7.09. The van der Waals surface area contributed by atoms with Crippen molar-refractivity contribution < 1.29 is 19.0 Å². The first-order chi connectivity index (χ1) is 9.06. The molecule has 1 heterocycles. The zero-order valence-electron chi connectivity index (χ0n) is 12.2. The molecule has 0 aliphatic carbocycles. The molecule has 0 aromatic rings. The molecule has 1 fully saturated rings. The molecule has 0 aromatic heterocycles. The molecule has 5 nitrogen and oxygen atoms in total. The van der Waals surface area contributed by atoms with Gasteiger partial charge in [0.25, 0.3) is 0 Å². The topological polar surface area (TPSA) is 70.8 Å². The number of carbonyl (C=O) groups excluding carboxylic acids is 1. The minimum atomic E-state index is -0.880. The van der Waals surface area contributed by atoms with Gasteiger partial charge in [-0.2, -0.15) is 0 Å². The summed E-state index contributed by atoms with van der Waals surface area (Å²) in [6, 6.07) is 0. The summed E-state index contributed by atoms with van der Waals surface area (Å²) in [6.45, 7) is 4.98. The Bertz CT molecular complexity index is 262. The van der Waals surface area contributed by atoms with Crippen molar-refractivity contribution in [2.24, 2.45) is 11.7 Å². The average Bonchev–Trinajstić information content (AvgIpc) is 2.42. The van der Waals surface area contributed by atoms with Gasteiger partial charge in [0.1, 0.15) is 5.54 Å². The normalized spacial score (nSPS) is 19.9. The van der Waals surface area contributed by atoms with E-state index in [0.717, 1.165) is 52.1 Å². The molecule has 2 N–H and O–H groups in total. The van der Waals surface area contributed by atoms with Crippen LogP contribution in [0.3, 0.4) is 0 Å². The van der Waals surface area contributed by atoms with Gasteiger partial charge in [0.15, 0.2) is 0 Å². The number of nitrogens with two attached hydrogens (primary N) is 1. The summed E-state index contributed by atoms with van der Waals surface area (Å²) < 4.78 is 15.6. The Hall–Kier alpha value is -0.650.